The summed E-state index contributed by atoms with van der Waals surface area (Å²) in [5.41, 5.74) is 7.04. The summed E-state index contributed by atoms with van der Waals surface area (Å²) in [7, 11) is 0. The molecule has 0 aliphatic rings. The molecule has 2 aromatic carbocycles. The van der Waals surface area contributed by atoms with Gasteiger partial charge < -0.3 is 5.73 Å². The molecule has 2 rings (SSSR count). The first kappa shape index (κ1) is 13.4. The van der Waals surface area contributed by atoms with Crippen molar-refractivity contribution in [1.82, 2.24) is 0 Å². The number of nitrogens with two attached hydrogens (primary N) is 1. The molecule has 0 fully saturated rings. The number of fused-ring (bicyclic) bond motifs is 1. The highest BCUT2D eigenvalue weighted by atomic mass is 32.2. The van der Waals surface area contributed by atoms with Crippen LogP contribution < -0.4 is 5.73 Å². The van der Waals surface area contributed by atoms with Crippen LogP contribution in [0.25, 0.3) is 10.8 Å². The molecule has 1 atom stereocenters. The number of hydrogen-bond acceptors (Lipinski definition) is 2. The Morgan fingerprint density at radius 2 is 1.83 bits per heavy atom. The van der Waals surface area contributed by atoms with Crippen molar-refractivity contribution in [3.63, 3.8) is 0 Å². The Morgan fingerprint density at radius 3 is 2.50 bits per heavy atom. The van der Waals surface area contributed by atoms with Gasteiger partial charge in [-0.1, -0.05) is 50.6 Å². The third kappa shape index (κ3) is 2.88. The fourth-order valence-corrected chi connectivity index (χ4v) is 3.19. The van der Waals surface area contributed by atoms with Gasteiger partial charge in [0.05, 0.1) is 0 Å². The molecule has 0 saturated heterocycles. The standard InChI is InChI=1S/C16H21NS/c1-3-12(2)11-18-16-9-8-13(10-17)14-6-4-5-7-15(14)16/h4-9,12H,3,10-11,17H2,1-2H3. The second-order valence-electron chi connectivity index (χ2n) is 4.80. The minimum Gasteiger partial charge on any atom is -0.326 e. The second kappa shape index (κ2) is 6.26. The zero-order valence-corrected chi connectivity index (χ0v) is 12.0. The van der Waals surface area contributed by atoms with Crippen LogP contribution in [0.3, 0.4) is 0 Å². The van der Waals surface area contributed by atoms with Gasteiger partial charge >= 0.3 is 0 Å². The van der Waals surface area contributed by atoms with Crippen LogP contribution in [0.15, 0.2) is 41.3 Å². The van der Waals surface area contributed by atoms with Crippen molar-refractivity contribution in [2.75, 3.05) is 5.75 Å². The van der Waals surface area contributed by atoms with Crippen LogP contribution in [0.5, 0.6) is 0 Å². The van der Waals surface area contributed by atoms with Gasteiger partial charge in [-0.3, -0.25) is 0 Å². The lowest BCUT2D eigenvalue weighted by Crippen LogP contribution is -1.98. The molecule has 0 spiro atoms. The van der Waals surface area contributed by atoms with Crippen molar-refractivity contribution in [2.24, 2.45) is 11.7 Å². The normalized spacial score (nSPS) is 12.8. The number of thioether (sulfide) groups is 1. The van der Waals surface area contributed by atoms with Gasteiger partial charge in [-0.05, 0) is 28.3 Å². The molecule has 0 bridgehead atoms. The molecule has 96 valence electrons. The number of rotatable bonds is 5. The Labute approximate surface area is 114 Å². The SMILES string of the molecule is CCC(C)CSc1ccc(CN)c2ccccc12. The van der Waals surface area contributed by atoms with Gasteiger partial charge in [-0.15, -0.1) is 11.8 Å². The van der Waals surface area contributed by atoms with Gasteiger partial charge in [0.25, 0.3) is 0 Å². The van der Waals surface area contributed by atoms with Crippen LogP contribution in [0, 0.1) is 5.92 Å². The van der Waals surface area contributed by atoms with E-state index in [0.717, 1.165) is 5.92 Å². The van der Waals surface area contributed by atoms with Crippen LogP contribution in [-0.2, 0) is 6.54 Å². The molecule has 18 heavy (non-hydrogen) atoms. The highest BCUT2D eigenvalue weighted by Crippen LogP contribution is 2.31. The van der Waals surface area contributed by atoms with Crippen LogP contribution in [0.4, 0.5) is 0 Å². The maximum Gasteiger partial charge on any atom is 0.0184 e. The maximum absolute atomic E-state index is 5.80. The summed E-state index contributed by atoms with van der Waals surface area (Å²) < 4.78 is 0. The third-order valence-corrected chi connectivity index (χ3v) is 4.82. The molecule has 1 unspecified atom stereocenters. The predicted molar refractivity (Wildman–Crippen MR) is 82.0 cm³/mol. The Kier molecular flexibility index (Phi) is 4.67. The van der Waals surface area contributed by atoms with E-state index in [4.69, 9.17) is 5.73 Å². The van der Waals surface area contributed by atoms with Crippen LogP contribution in [0.2, 0.25) is 0 Å². The van der Waals surface area contributed by atoms with E-state index in [2.05, 4.69) is 50.2 Å². The Morgan fingerprint density at radius 1 is 1.11 bits per heavy atom. The molecule has 0 radical (unpaired) electrons. The Bertz CT molecular complexity index is 521. The summed E-state index contributed by atoms with van der Waals surface area (Å²) in [5.74, 6) is 1.95. The monoisotopic (exact) mass is 259 g/mol. The first-order valence-electron chi connectivity index (χ1n) is 6.59. The van der Waals surface area contributed by atoms with Crippen LogP contribution in [0.1, 0.15) is 25.8 Å². The summed E-state index contributed by atoms with van der Waals surface area (Å²) in [4.78, 5) is 1.38. The van der Waals surface area contributed by atoms with Crippen molar-refractivity contribution < 1.29 is 0 Å². The second-order valence-corrected chi connectivity index (χ2v) is 5.86. The fourth-order valence-electron chi connectivity index (χ4n) is 1.99. The van der Waals surface area contributed by atoms with Crippen molar-refractivity contribution >= 4 is 22.5 Å². The quantitative estimate of drug-likeness (QED) is 0.803. The Balaban J connectivity index is 2.34. The third-order valence-electron chi connectivity index (χ3n) is 3.41. The predicted octanol–water partition coefficient (Wildman–Crippen LogP) is 4.44. The number of hydrogen-bond donors (Lipinski definition) is 1. The number of benzene rings is 2. The molecular weight excluding hydrogens is 238 g/mol. The summed E-state index contributed by atoms with van der Waals surface area (Å²) in [6.07, 6.45) is 1.24. The molecule has 1 nitrogen and oxygen atoms in total. The first-order chi connectivity index (χ1) is 8.76. The summed E-state index contributed by atoms with van der Waals surface area (Å²) >= 11 is 1.96. The highest BCUT2D eigenvalue weighted by molar-refractivity contribution is 7.99. The summed E-state index contributed by atoms with van der Waals surface area (Å²) in [5, 5.41) is 2.64. The molecule has 0 saturated carbocycles. The van der Waals surface area contributed by atoms with Gasteiger partial charge in [0.1, 0.15) is 0 Å². The zero-order chi connectivity index (χ0) is 13.0. The molecule has 2 aromatic rings. The van der Waals surface area contributed by atoms with Gasteiger partial charge in [-0.25, -0.2) is 0 Å². The molecule has 0 aromatic heterocycles. The van der Waals surface area contributed by atoms with E-state index in [1.165, 1.54) is 33.4 Å². The molecule has 0 amide bonds. The zero-order valence-electron chi connectivity index (χ0n) is 11.1. The summed E-state index contributed by atoms with van der Waals surface area (Å²) in [6, 6.07) is 13.0. The van der Waals surface area contributed by atoms with E-state index < -0.39 is 0 Å². The van der Waals surface area contributed by atoms with Gasteiger partial charge in [0.2, 0.25) is 0 Å². The molecule has 2 N–H and O–H groups in total. The molecular formula is C16H21NS. The lowest BCUT2D eigenvalue weighted by atomic mass is 10.0. The topological polar surface area (TPSA) is 26.0 Å². The van der Waals surface area contributed by atoms with Gasteiger partial charge in [-0.2, -0.15) is 0 Å². The average Bonchev–Trinajstić information content (AvgIpc) is 2.44. The van der Waals surface area contributed by atoms with Gasteiger partial charge in [0, 0.05) is 17.2 Å². The highest BCUT2D eigenvalue weighted by Gasteiger charge is 2.06. The molecule has 2 heteroatoms. The lowest BCUT2D eigenvalue weighted by molar-refractivity contribution is 0.637. The molecule has 0 aliphatic heterocycles. The molecule has 0 heterocycles. The maximum atomic E-state index is 5.80. The van der Waals surface area contributed by atoms with Crippen LogP contribution in [-0.4, -0.2) is 5.75 Å². The summed E-state index contributed by atoms with van der Waals surface area (Å²) in [6.45, 7) is 5.17. The molecule has 0 aliphatic carbocycles. The van der Waals surface area contributed by atoms with E-state index in [-0.39, 0.29) is 0 Å². The fraction of sp³-hybridized carbons (Fsp3) is 0.375. The van der Waals surface area contributed by atoms with Crippen molar-refractivity contribution in [3.8, 4) is 0 Å². The van der Waals surface area contributed by atoms with Crippen LogP contribution >= 0.6 is 11.8 Å². The first-order valence-corrected chi connectivity index (χ1v) is 7.58. The minimum absolute atomic E-state index is 0.608. The average molecular weight is 259 g/mol. The minimum atomic E-state index is 0.608. The lowest BCUT2D eigenvalue weighted by Gasteiger charge is -2.12. The Hall–Kier alpha value is -0.990. The van der Waals surface area contributed by atoms with E-state index >= 15 is 0 Å². The van der Waals surface area contributed by atoms with E-state index in [9.17, 15) is 0 Å². The van der Waals surface area contributed by atoms with E-state index in [1.54, 1.807) is 0 Å². The van der Waals surface area contributed by atoms with Crippen molar-refractivity contribution in [2.45, 2.75) is 31.7 Å². The van der Waals surface area contributed by atoms with Crippen molar-refractivity contribution in [1.29, 1.82) is 0 Å². The van der Waals surface area contributed by atoms with E-state index in [1.807, 2.05) is 11.8 Å². The van der Waals surface area contributed by atoms with Crippen molar-refractivity contribution in [3.05, 3.63) is 42.0 Å². The smallest absolute Gasteiger partial charge is 0.0184 e. The van der Waals surface area contributed by atoms with E-state index in [0.29, 0.717) is 6.54 Å². The largest absolute Gasteiger partial charge is 0.326 e. The van der Waals surface area contributed by atoms with Gasteiger partial charge in [0.15, 0.2) is 0 Å².